The number of ether oxygens (including phenoxy) is 1. The smallest absolute Gasteiger partial charge is 0.160 e. The maximum Gasteiger partial charge on any atom is 0.160 e. The van der Waals surface area contributed by atoms with E-state index in [9.17, 15) is 10.2 Å². The summed E-state index contributed by atoms with van der Waals surface area (Å²) in [5.41, 5.74) is 1.03. The minimum Gasteiger partial charge on any atom is -0.504 e. The highest BCUT2D eigenvalue weighted by atomic mass is 16.5. The SMILES string of the molecule is COc1cc(CNCC(O)C2CC2)ccc1O. The molecule has 1 unspecified atom stereocenters. The Kier molecular flexibility index (Phi) is 3.86. The van der Waals surface area contributed by atoms with Gasteiger partial charge in [0.1, 0.15) is 0 Å². The van der Waals surface area contributed by atoms with Crippen molar-refractivity contribution in [3.05, 3.63) is 23.8 Å². The van der Waals surface area contributed by atoms with Gasteiger partial charge in [0.05, 0.1) is 13.2 Å². The molecule has 0 saturated heterocycles. The molecule has 1 aliphatic rings. The summed E-state index contributed by atoms with van der Waals surface area (Å²) in [4.78, 5) is 0. The van der Waals surface area contributed by atoms with E-state index in [0.717, 1.165) is 18.4 Å². The molecule has 3 N–H and O–H groups in total. The van der Waals surface area contributed by atoms with E-state index in [0.29, 0.717) is 24.8 Å². The first kappa shape index (κ1) is 12.2. The minimum atomic E-state index is -0.228. The molecule has 0 aliphatic heterocycles. The van der Waals surface area contributed by atoms with Crippen molar-refractivity contribution in [1.82, 2.24) is 5.32 Å². The van der Waals surface area contributed by atoms with Crippen molar-refractivity contribution in [2.24, 2.45) is 5.92 Å². The number of phenolic OH excluding ortho intramolecular Hbond substituents is 1. The molecule has 0 amide bonds. The van der Waals surface area contributed by atoms with Crippen LogP contribution >= 0.6 is 0 Å². The van der Waals surface area contributed by atoms with E-state index >= 15 is 0 Å². The van der Waals surface area contributed by atoms with E-state index in [1.807, 2.05) is 6.07 Å². The molecule has 0 bridgehead atoms. The predicted octanol–water partition coefficient (Wildman–Crippen LogP) is 1.26. The Morgan fingerprint density at radius 3 is 2.88 bits per heavy atom. The van der Waals surface area contributed by atoms with Gasteiger partial charge in [0.25, 0.3) is 0 Å². The molecule has 1 aliphatic carbocycles. The standard InChI is InChI=1S/C13H19NO3/c1-17-13-6-9(2-5-11(13)15)7-14-8-12(16)10-3-4-10/h2,5-6,10,12,14-16H,3-4,7-8H2,1H3. The summed E-state index contributed by atoms with van der Waals surface area (Å²) in [5, 5.41) is 22.3. The number of hydrogen-bond acceptors (Lipinski definition) is 4. The number of hydrogen-bond donors (Lipinski definition) is 3. The van der Waals surface area contributed by atoms with E-state index in [4.69, 9.17) is 4.74 Å². The molecule has 17 heavy (non-hydrogen) atoms. The molecule has 0 radical (unpaired) electrons. The van der Waals surface area contributed by atoms with Gasteiger partial charge in [-0.1, -0.05) is 6.07 Å². The van der Waals surface area contributed by atoms with Crippen molar-refractivity contribution < 1.29 is 14.9 Å². The van der Waals surface area contributed by atoms with Gasteiger partial charge in [0.2, 0.25) is 0 Å². The molecular weight excluding hydrogens is 218 g/mol. The van der Waals surface area contributed by atoms with Crippen molar-refractivity contribution >= 4 is 0 Å². The summed E-state index contributed by atoms with van der Waals surface area (Å²) in [5.74, 6) is 1.12. The Morgan fingerprint density at radius 2 is 2.24 bits per heavy atom. The fraction of sp³-hybridized carbons (Fsp3) is 0.538. The summed E-state index contributed by atoms with van der Waals surface area (Å²) in [6.45, 7) is 1.29. The van der Waals surface area contributed by atoms with Crippen molar-refractivity contribution in [3.63, 3.8) is 0 Å². The third-order valence-corrected chi connectivity index (χ3v) is 3.09. The Bertz CT molecular complexity index is 377. The van der Waals surface area contributed by atoms with E-state index in [1.54, 1.807) is 12.1 Å². The summed E-state index contributed by atoms with van der Waals surface area (Å²) < 4.78 is 5.03. The average Bonchev–Trinajstić information content (AvgIpc) is 3.15. The lowest BCUT2D eigenvalue weighted by molar-refractivity contribution is 0.148. The lowest BCUT2D eigenvalue weighted by atomic mass is 10.2. The maximum absolute atomic E-state index is 9.68. The van der Waals surface area contributed by atoms with Crippen LogP contribution in [0, 0.1) is 5.92 Å². The molecule has 1 aromatic rings. The molecule has 1 fully saturated rings. The molecule has 0 spiro atoms. The molecule has 1 aromatic carbocycles. The number of aliphatic hydroxyl groups excluding tert-OH is 1. The van der Waals surface area contributed by atoms with E-state index < -0.39 is 0 Å². The van der Waals surface area contributed by atoms with Crippen LogP contribution in [0.15, 0.2) is 18.2 Å². The van der Waals surface area contributed by atoms with Crippen LogP contribution in [0.3, 0.4) is 0 Å². The van der Waals surface area contributed by atoms with Crippen LogP contribution in [0.25, 0.3) is 0 Å². The topological polar surface area (TPSA) is 61.7 Å². The first-order valence-electron chi connectivity index (χ1n) is 5.95. The Labute approximate surface area is 101 Å². The van der Waals surface area contributed by atoms with Gasteiger partial charge in [0, 0.05) is 13.1 Å². The molecule has 1 atom stereocenters. The summed E-state index contributed by atoms with van der Waals surface area (Å²) in [7, 11) is 1.53. The molecule has 0 heterocycles. The second-order valence-corrected chi connectivity index (χ2v) is 4.54. The predicted molar refractivity (Wildman–Crippen MR) is 65.1 cm³/mol. The van der Waals surface area contributed by atoms with E-state index in [2.05, 4.69) is 5.32 Å². The fourth-order valence-corrected chi connectivity index (χ4v) is 1.84. The van der Waals surface area contributed by atoms with Crippen molar-refractivity contribution in [1.29, 1.82) is 0 Å². The number of aliphatic hydroxyl groups is 1. The highest BCUT2D eigenvalue weighted by Gasteiger charge is 2.28. The van der Waals surface area contributed by atoms with Gasteiger partial charge in [-0.25, -0.2) is 0 Å². The number of benzene rings is 1. The van der Waals surface area contributed by atoms with Gasteiger partial charge in [-0.05, 0) is 36.5 Å². The number of rotatable bonds is 6. The number of nitrogens with one attached hydrogen (secondary N) is 1. The molecule has 4 heteroatoms. The Hall–Kier alpha value is -1.26. The van der Waals surface area contributed by atoms with Crippen LogP contribution in [0.1, 0.15) is 18.4 Å². The van der Waals surface area contributed by atoms with Crippen molar-refractivity contribution in [3.8, 4) is 11.5 Å². The van der Waals surface area contributed by atoms with E-state index in [-0.39, 0.29) is 11.9 Å². The minimum absolute atomic E-state index is 0.147. The zero-order valence-corrected chi connectivity index (χ0v) is 10.0. The van der Waals surface area contributed by atoms with Crippen LogP contribution in [-0.2, 0) is 6.54 Å². The number of methoxy groups -OCH3 is 1. The average molecular weight is 237 g/mol. The second kappa shape index (κ2) is 5.38. The number of phenols is 1. The molecule has 1 saturated carbocycles. The zero-order valence-electron chi connectivity index (χ0n) is 10.0. The van der Waals surface area contributed by atoms with Gasteiger partial charge in [-0.15, -0.1) is 0 Å². The van der Waals surface area contributed by atoms with Gasteiger partial charge >= 0.3 is 0 Å². The van der Waals surface area contributed by atoms with Gasteiger partial charge in [0.15, 0.2) is 11.5 Å². The van der Waals surface area contributed by atoms with Crippen LogP contribution in [-0.4, -0.2) is 30.0 Å². The van der Waals surface area contributed by atoms with Gasteiger partial charge in [-0.3, -0.25) is 0 Å². The van der Waals surface area contributed by atoms with Gasteiger partial charge < -0.3 is 20.3 Å². The third-order valence-electron chi connectivity index (χ3n) is 3.09. The monoisotopic (exact) mass is 237 g/mol. The maximum atomic E-state index is 9.68. The fourth-order valence-electron chi connectivity index (χ4n) is 1.84. The lowest BCUT2D eigenvalue weighted by Crippen LogP contribution is -2.27. The number of aromatic hydroxyl groups is 1. The molecular formula is C13H19NO3. The lowest BCUT2D eigenvalue weighted by Gasteiger charge is -2.11. The quantitative estimate of drug-likeness (QED) is 0.697. The largest absolute Gasteiger partial charge is 0.504 e. The third kappa shape index (κ3) is 3.35. The highest BCUT2D eigenvalue weighted by Crippen LogP contribution is 2.32. The molecule has 2 rings (SSSR count). The Morgan fingerprint density at radius 1 is 1.47 bits per heavy atom. The summed E-state index contributed by atoms with van der Waals surface area (Å²) in [6.07, 6.45) is 2.07. The normalized spacial score (nSPS) is 16.8. The highest BCUT2D eigenvalue weighted by molar-refractivity contribution is 5.41. The summed E-state index contributed by atoms with van der Waals surface area (Å²) >= 11 is 0. The zero-order chi connectivity index (χ0) is 12.3. The second-order valence-electron chi connectivity index (χ2n) is 4.54. The molecule has 4 nitrogen and oxygen atoms in total. The molecule has 94 valence electrons. The van der Waals surface area contributed by atoms with Crippen LogP contribution < -0.4 is 10.1 Å². The van der Waals surface area contributed by atoms with Crippen molar-refractivity contribution in [2.45, 2.75) is 25.5 Å². The molecule has 0 aromatic heterocycles. The van der Waals surface area contributed by atoms with Crippen LogP contribution in [0.4, 0.5) is 0 Å². The van der Waals surface area contributed by atoms with Gasteiger partial charge in [-0.2, -0.15) is 0 Å². The first-order valence-corrected chi connectivity index (χ1v) is 5.95. The van der Waals surface area contributed by atoms with Crippen molar-refractivity contribution in [2.75, 3.05) is 13.7 Å². The van der Waals surface area contributed by atoms with Crippen LogP contribution in [0.5, 0.6) is 11.5 Å². The summed E-state index contributed by atoms with van der Waals surface area (Å²) in [6, 6.07) is 5.26. The Balaban J connectivity index is 1.81. The van der Waals surface area contributed by atoms with E-state index in [1.165, 1.54) is 7.11 Å². The first-order chi connectivity index (χ1) is 8.20. The van der Waals surface area contributed by atoms with Crippen LogP contribution in [0.2, 0.25) is 0 Å².